The third-order valence-corrected chi connectivity index (χ3v) is 2.88. The van der Waals surface area contributed by atoms with Crippen molar-refractivity contribution in [2.75, 3.05) is 7.11 Å². The summed E-state index contributed by atoms with van der Waals surface area (Å²) in [5.74, 6) is 1.49. The van der Waals surface area contributed by atoms with Crippen LogP contribution in [0.5, 0.6) is 17.4 Å². The number of pyridine rings is 1. The van der Waals surface area contributed by atoms with Crippen LogP contribution in [0.15, 0.2) is 30.5 Å². The Kier molecular flexibility index (Phi) is 4.47. The van der Waals surface area contributed by atoms with Crippen LogP contribution < -0.4 is 15.2 Å². The quantitative estimate of drug-likeness (QED) is 0.936. The van der Waals surface area contributed by atoms with Crippen molar-refractivity contribution in [2.45, 2.75) is 6.54 Å². The predicted molar refractivity (Wildman–Crippen MR) is 75.2 cm³/mol. The van der Waals surface area contributed by atoms with Crippen LogP contribution in [0.4, 0.5) is 0 Å². The van der Waals surface area contributed by atoms with Gasteiger partial charge in [-0.25, -0.2) is 4.98 Å². The Balaban J connectivity index is 2.31. The average molecular weight is 299 g/mol. The van der Waals surface area contributed by atoms with E-state index in [2.05, 4.69) is 4.98 Å². The number of methoxy groups -OCH3 is 1. The van der Waals surface area contributed by atoms with Crippen molar-refractivity contribution in [2.24, 2.45) is 5.73 Å². The van der Waals surface area contributed by atoms with Crippen LogP contribution in [0, 0.1) is 0 Å². The van der Waals surface area contributed by atoms with E-state index in [9.17, 15) is 0 Å². The van der Waals surface area contributed by atoms with Crippen molar-refractivity contribution >= 4 is 23.2 Å². The van der Waals surface area contributed by atoms with E-state index in [1.807, 2.05) is 6.07 Å². The molecule has 2 rings (SSSR count). The molecule has 2 N–H and O–H groups in total. The summed E-state index contributed by atoms with van der Waals surface area (Å²) in [6.07, 6.45) is 1.47. The molecule has 0 radical (unpaired) electrons. The SMILES string of the molecule is COc1cc(CN)cc(Oc2ncc(Cl)cc2Cl)c1. The Morgan fingerprint density at radius 2 is 1.89 bits per heavy atom. The van der Waals surface area contributed by atoms with Crippen LogP contribution in [0.25, 0.3) is 0 Å². The Morgan fingerprint density at radius 1 is 1.16 bits per heavy atom. The molecule has 1 heterocycles. The maximum atomic E-state index is 6.00. The standard InChI is InChI=1S/C13H12Cl2N2O2/c1-18-10-2-8(6-16)3-11(5-10)19-13-12(15)4-9(14)7-17-13/h2-5,7H,6,16H2,1H3. The van der Waals surface area contributed by atoms with E-state index in [0.717, 1.165) is 5.56 Å². The molecular formula is C13H12Cl2N2O2. The summed E-state index contributed by atoms with van der Waals surface area (Å²) >= 11 is 11.8. The van der Waals surface area contributed by atoms with Gasteiger partial charge in [-0.3, -0.25) is 0 Å². The Bertz CT molecular complexity index is 569. The Labute approximate surface area is 121 Å². The second-order valence-corrected chi connectivity index (χ2v) is 4.61. The molecule has 2 aromatic rings. The van der Waals surface area contributed by atoms with E-state index < -0.39 is 0 Å². The van der Waals surface area contributed by atoms with Crippen molar-refractivity contribution < 1.29 is 9.47 Å². The zero-order valence-corrected chi connectivity index (χ0v) is 11.7. The summed E-state index contributed by atoms with van der Waals surface area (Å²) in [6.45, 7) is 0.384. The second kappa shape index (κ2) is 6.10. The molecule has 0 saturated heterocycles. The largest absolute Gasteiger partial charge is 0.497 e. The number of ether oxygens (including phenoxy) is 2. The summed E-state index contributed by atoms with van der Waals surface area (Å²) in [7, 11) is 1.58. The number of rotatable bonds is 4. The summed E-state index contributed by atoms with van der Waals surface area (Å²) in [6, 6.07) is 6.93. The van der Waals surface area contributed by atoms with Crippen molar-refractivity contribution in [3.8, 4) is 17.4 Å². The maximum absolute atomic E-state index is 6.00. The van der Waals surface area contributed by atoms with Gasteiger partial charge in [0.1, 0.15) is 16.5 Å². The van der Waals surface area contributed by atoms with Crippen LogP contribution >= 0.6 is 23.2 Å². The molecular weight excluding hydrogens is 287 g/mol. The lowest BCUT2D eigenvalue weighted by atomic mass is 10.2. The second-order valence-electron chi connectivity index (χ2n) is 3.76. The van der Waals surface area contributed by atoms with Gasteiger partial charge < -0.3 is 15.2 Å². The van der Waals surface area contributed by atoms with Gasteiger partial charge in [0.15, 0.2) is 0 Å². The minimum Gasteiger partial charge on any atom is -0.497 e. The van der Waals surface area contributed by atoms with Crippen LogP contribution in [0.2, 0.25) is 10.0 Å². The highest BCUT2D eigenvalue weighted by Crippen LogP contribution is 2.31. The van der Waals surface area contributed by atoms with Crippen LogP contribution in [-0.2, 0) is 6.54 Å². The molecule has 6 heteroatoms. The van der Waals surface area contributed by atoms with E-state index in [4.69, 9.17) is 38.4 Å². The van der Waals surface area contributed by atoms with Gasteiger partial charge in [-0.2, -0.15) is 0 Å². The van der Waals surface area contributed by atoms with Gasteiger partial charge in [0, 0.05) is 18.8 Å². The van der Waals surface area contributed by atoms with Gasteiger partial charge in [-0.1, -0.05) is 23.2 Å². The summed E-state index contributed by atoms with van der Waals surface area (Å²) in [5, 5.41) is 0.787. The number of nitrogens with two attached hydrogens (primary N) is 1. The third-order valence-electron chi connectivity index (χ3n) is 2.40. The fourth-order valence-electron chi connectivity index (χ4n) is 1.51. The molecule has 0 spiro atoms. The normalized spacial score (nSPS) is 10.3. The molecule has 0 fully saturated rings. The Hall–Kier alpha value is -1.49. The molecule has 0 unspecified atom stereocenters. The first-order valence-corrected chi connectivity index (χ1v) is 6.25. The molecule has 0 atom stereocenters. The number of benzene rings is 1. The molecule has 0 aliphatic rings. The molecule has 0 aliphatic heterocycles. The third kappa shape index (κ3) is 3.50. The monoisotopic (exact) mass is 298 g/mol. The van der Waals surface area contributed by atoms with Crippen molar-refractivity contribution in [1.82, 2.24) is 4.98 Å². The highest BCUT2D eigenvalue weighted by molar-refractivity contribution is 6.35. The summed E-state index contributed by atoms with van der Waals surface area (Å²) in [4.78, 5) is 4.03. The number of aromatic nitrogens is 1. The highest BCUT2D eigenvalue weighted by atomic mass is 35.5. The van der Waals surface area contributed by atoms with Crippen LogP contribution in [-0.4, -0.2) is 12.1 Å². The predicted octanol–water partition coefficient (Wildman–Crippen LogP) is 3.65. The van der Waals surface area contributed by atoms with E-state index in [-0.39, 0.29) is 5.88 Å². The topological polar surface area (TPSA) is 57.4 Å². The minimum absolute atomic E-state index is 0.280. The zero-order chi connectivity index (χ0) is 13.8. The first-order chi connectivity index (χ1) is 9.12. The van der Waals surface area contributed by atoms with Crippen LogP contribution in [0.1, 0.15) is 5.56 Å². The summed E-state index contributed by atoms with van der Waals surface area (Å²) < 4.78 is 10.8. The molecule has 0 saturated carbocycles. The molecule has 4 nitrogen and oxygen atoms in total. The fraction of sp³-hybridized carbons (Fsp3) is 0.154. The van der Waals surface area contributed by atoms with Gasteiger partial charge in [0.05, 0.1) is 12.1 Å². The zero-order valence-electron chi connectivity index (χ0n) is 10.2. The van der Waals surface area contributed by atoms with Gasteiger partial charge in [-0.05, 0) is 23.8 Å². The van der Waals surface area contributed by atoms with Crippen LogP contribution in [0.3, 0.4) is 0 Å². The van der Waals surface area contributed by atoms with Gasteiger partial charge in [-0.15, -0.1) is 0 Å². The molecule has 0 bridgehead atoms. The molecule has 0 amide bonds. The minimum atomic E-state index is 0.280. The lowest BCUT2D eigenvalue weighted by Gasteiger charge is -2.10. The smallest absolute Gasteiger partial charge is 0.238 e. The highest BCUT2D eigenvalue weighted by Gasteiger charge is 2.08. The lowest BCUT2D eigenvalue weighted by molar-refractivity contribution is 0.406. The van der Waals surface area contributed by atoms with E-state index in [1.54, 1.807) is 25.3 Å². The first-order valence-electron chi connectivity index (χ1n) is 5.49. The van der Waals surface area contributed by atoms with E-state index >= 15 is 0 Å². The number of halogens is 2. The van der Waals surface area contributed by atoms with Gasteiger partial charge in [0.25, 0.3) is 0 Å². The number of hydrogen-bond donors (Lipinski definition) is 1. The van der Waals surface area contributed by atoms with Crippen molar-refractivity contribution in [3.05, 3.63) is 46.1 Å². The first kappa shape index (κ1) is 13.9. The van der Waals surface area contributed by atoms with Crippen molar-refractivity contribution in [3.63, 3.8) is 0 Å². The maximum Gasteiger partial charge on any atom is 0.238 e. The van der Waals surface area contributed by atoms with E-state index in [0.29, 0.717) is 28.1 Å². The summed E-state index contributed by atoms with van der Waals surface area (Å²) in [5.41, 5.74) is 6.50. The molecule has 1 aromatic carbocycles. The molecule has 19 heavy (non-hydrogen) atoms. The van der Waals surface area contributed by atoms with Gasteiger partial charge >= 0.3 is 0 Å². The van der Waals surface area contributed by atoms with E-state index in [1.165, 1.54) is 6.20 Å². The van der Waals surface area contributed by atoms with Crippen molar-refractivity contribution in [1.29, 1.82) is 0 Å². The number of nitrogens with zero attached hydrogens (tertiary/aromatic N) is 1. The average Bonchev–Trinajstić information content (AvgIpc) is 2.41. The molecule has 1 aromatic heterocycles. The number of hydrogen-bond acceptors (Lipinski definition) is 4. The molecule has 100 valence electrons. The Morgan fingerprint density at radius 3 is 2.53 bits per heavy atom. The fourth-order valence-corrected chi connectivity index (χ4v) is 1.93. The molecule has 0 aliphatic carbocycles. The van der Waals surface area contributed by atoms with Gasteiger partial charge in [0.2, 0.25) is 5.88 Å². The lowest BCUT2D eigenvalue weighted by Crippen LogP contribution is -1.98.